The smallest absolute Gasteiger partial charge is 0.0252 e. The van der Waals surface area contributed by atoms with Crippen LogP contribution in [0.4, 0.5) is 0 Å². The lowest BCUT2D eigenvalue weighted by atomic mass is 10.1. The summed E-state index contributed by atoms with van der Waals surface area (Å²) in [6.45, 7) is 5.47. The van der Waals surface area contributed by atoms with Crippen LogP contribution in [0, 0.1) is 0 Å². The van der Waals surface area contributed by atoms with Crippen molar-refractivity contribution >= 4 is 31.9 Å². The number of hydrogen-bond donors (Lipinski definition) is 0. The van der Waals surface area contributed by atoms with Crippen LogP contribution in [0.15, 0.2) is 21.1 Å². The maximum atomic E-state index is 3.59. The van der Waals surface area contributed by atoms with Gasteiger partial charge in [-0.1, -0.05) is 38.8 Å². The van der Waals surface area contributed by atoms with Gasteiger partial charge < -0.3 is 0 Å². The zero-order valence-corrected chi connectivity index (χ0v) is 10.7. The van der Waals surface area contributed by atoms with E-state index in [-0.39, 0.29) is 0 Å². The summed E-state index contributed by atoms with van der Waals surface area (Å²) >= 11 is 7.18. The molecule has 0 radical (unpaired) electrons. The Balaban J connectivity index is 2.43. The highest BCUT2D eigenvalue weighted by atomic mass is 79.9. The normalized spacial score (nSPS) is 16.2. The van der Waals surface area contributed by atoms with Crippen molar-refractivity contribution in [1.29, 1.82) is 0 Å². The Morgan fingerprint density at radius 2 is 1.62 bits per heavy atom. The van der Waals surface area contributed by atoms with E-state index < -0.39 is 0 Å². The molecule has 0 aromatic heterocycles. The minimum absolute atomic E-state index is 1.08. The molecular formula is C10H11Br2N. The Bertz CT molecular complexity index is 305. The van der Waals surface area contributed by atoms with Gasteiger partial charge in [0.05, 0.1) is 0 Å². The third kappa shape index (κ3) is 1.69. The first-order valence-electron chi connectivity index (χ1n) is 4.40. The second-order valence-corrected chi connectivity index (χ2v) is 5.00. The molecule has 1 aromatic carbocycles. The molecule has 0 saturated carbocycles. The minimum Gasteiger partial charge on any atom is -0.295 e. The predicted octanol–water partition coefficient (Wildman–Crippen LogP) is 3.55. The first kappa shape index (κ1) is 9.69. The zero-order chi connectivity index (χ0) is 9.42. The zero-order valence-electron chi connectivity index (χ0n) is 7.48. The Kier molecular flexibility index (Phi) is 2.77. The number of nitrogens with zero attached hydrogens (tertiary/aromatic N) is 1. The van der Waals surface area contributed by atoms with Crippen LogP contribution in [0.25, 0.3) is 0 Å². The largest absolute Gasteiger partial charge is 0.295 e. The van der Waals surface area contributed by atoms with Gasteiger partial charge in [0.1, 0.15) is 0 Å². The molecule has 1 heterocycles. The monoisotopic (exact) mass is 303 g/mol. The van der Waals surface area contributed by atoms with Crippen LogP contribution in [-0.4, -0.2) is 11.4 Å². The number of fused-ring (bicyclic) bond motifs is 1. The predicted molar refractivity (Wildman–Crippen MR) is 61.6 cm³/mol. The average Bonchev–Trinajstić information content (AvgIpc) is 2.56. The highest BCUT2D eigenvalue weighted by Gasteiger charge is 2.21. The summed E-state index contributed by atoms with van der Waals surface area (Å²) in [5, 5.41) is 0. The summed E-state index contributed by atoms with van der Waals surface area (Å²) in [7, 11) is 0. The number of benzene rings is 1. The molecule has 0 aliphatic carbocycles. The van der Waals surface area contributed by atoms with Crippen LogP contribution in [0.2, 0.25) is 0 Å². The van der Waals surface area contributed by atoms with Crippen molar-refractivity contribution in [1.82, 2.24) is 4.90 Å². The number of hydrogen-bond acceptors (Lipinski definition) is 1. The standard InChI is InChI=1S/C10H11Br2N/c1-2-13-5-7-8(6-13)10(12)4-3-9(7)11/h3-4H,2,5-6H2,1H3. The van der Waals surface area contributed by atoms with Gasteiger partial charge in [-0.25, -0.2) is 0 Å². The third-order valence-electron chi connectivity index (χ3n) is 2.53. The molecule has 1 aliphatic heterocycles. The molecule has 0 N–H and O–H groups in total. The van der Waals surface area contributed by atoms with E-state index in [1.54, 1.807) is 0 Å². The van der Waals surface area contributed by atoms with Gasteiger partial charge in [-0.2, -0.15) is 0 Å². The van der Waals surface area contributed by atoms with Crippen molar-refractivity contribution in [2.75, 3.05) is 6.54 Å². The van der Waals surface area contributed by atoms with Gasteiger partial charge >= 0.3 is 0 Å². The van der Waals surface area contributed by atoms with Gasteiger partial charge in [0.25, 0.3) is 0 Å². The lowest BCUT2D eigenvalue weighted by Crippen LogP contribution is -2.14. The van der Waals surface area contributed by atoms with Gasteiger partial charge in [-0.3, -0.25) is 4.90 Å². The molecular weight excluding hydrogens is 294 g/mol. The third-order valence-corrected chi connectivity index (χ3v) is 4.01. The van der Waals surface area contributed by atoms with E-state index in [2.05, 4.69) is 55.8 Å². The molecule has 13 heavy (non-hydrogen) atoms. The molecule has 0 amide bonds. The van der Waals surface area contributed by atoms with Gasteiger partial charge in [0, 0.05) is 22.0 Å². The number of rotatable bonds is 1. The molecule has 1 aromatic rings. The van der Waals surface area contributed by atoms with E-state index in [1.807, 2.05) is 0 Å². The molecule has 0 unspecified atom stereocenters. The fraction of sp³-hybridized carbons (Fsp3) is 0.400. The Labute approximate surface area is 95.4 Å². The molecule has 1 nitrogen and oxygen atoms in total. The molecule has 70 valence electrons. The van der Waals surface area contributed by atoms with Crippen molar-refractivity contribution in [3.05, 3.63) is 32.2 Å². The SMILES string of the molecule is CCN1Cc2c(Br)ccc(Br)c2C1. The number of halogens is 2. The van der Waals surface area contributed by atoms with Crippen molar-refractivity contribution in [2.24, 2.45) is 0 Å². The summed E-state index contributed by atoms with van der Waals surface area (Å²) in [5.74, 6) is 0. The van der Waals surface area contributed by atoms with E-state index in [9.17, 15) is 0 Å². The van der Waals surface area contributed by atoms with Crippen LogP contribution >= 0.6 is 31.9 Å². The maximum Gasteiger partial charge on any atom is 0.0252 e. The first-order chi connectivity index (χ1) is 6.22. The summed E-state index contributed by atoms with van der Waals surface area (Å²) < 4.78 is 2.48. The molecule has 0 fully saturated rings. The molecule has 0 spiro atoms. The van der Waals surface area contributed by atoms with E-state index in [0.717, 1.165) is 19.6 Å². The van der Waals surface area contributed by atoms with Gasteiger partial charge in [-0.05, 0) is 29.8 Å². The summed E-state index contributed by atoms with van der Waals surface area (Å²) in [4.78, 5) is 2.43. The van der Waals surface area contributed by atoms with Crippen LogP contribution in [0.5, 0.6) is 0 Å². The minimum atomic E-state index is 1.08. The van der Waals surface area contributed by atoms with Crippen molar-refractivity contribution < 1.29 is 0 Å². The molecule has 0 saturated heterocycles. The molecule has 1 aliphatic rings. The molecule has 3 heteroatoms. The fourth-order valence-electron chi connectivity index (χ4n) is 1.70. The lowest BCUT2D eigenvalue weighted by Gasteiger charge is -2.09. The highest BCUT2D eigenvalue weighted by Crippen LogP contribution is 2.34. The molecule has 0 atom stereocenters. The second kappa shape index (κ2) is 3.71. The summed E-state index contributed by atoms with van der Waals surface area (Å²) in [6.07, 6.45) is 0. The maximum absolute atomic E-state index is 3.59. The molecule has 2 rings (SSSR count). The Morgan fingerprint density at radius 1 is 1.15 bits per heavy atom. The van der Waals surface area contributed by atoms with Gasteiger partial charge in [-0.15, -0.1) is 0 Å². The van der Waals surface area contributed by atoms with Crippen molar-refractivity contribution in [3.63, 3.8) is 0 Å². The Morgan fingerprint density at radius 3 is 2.00 bits per heavy atom. The van der Waals surface area contributed by atoms with E-state index in [4.69, 9.17) is 0 Å². The fourth-order valence-corrected chi connectivity index (χ4v) is 2.70. The van der Waals surface area contributed by atoms with Crippen molar-refractivity contribution in [2.45, 2.75) is 20.0 Å². The van der Waals surface area contributed by atoms with Crippen LogP contribution in [0.3, 0.4) is 0 Å². The highest BCUT2D eigenvalue weighted by molar-refractivity contribution is 9.11. The molecule has 0 bridgehead atoms. The van der Waals surface area contributed by atoms with Gasteiger partial charge in [0.2, 0.25) is 0 Å². The van der Waals surface area contributed by atoms with Crippen molar-refractivity contribution in [3.8, 4) is 0 Å². The summed E-state index contributed by atoms with van der Waals surface area (Å²) in [6, 6.07) is 4.23. The quantitative estimate of drug-likeness (QED) is 0.767. The van der Waals surface area contributed by atoms with E-state index in [0.29, 0.717) is 0 Å². The first-order valence-corrected chi connectivity index (χ1v) is 5.99. The van der Waals surface area contributed by atoms with Crippen LogP contribution in [0.1, 0.15) is 18.1 Å². The lowest BCUT2D eigenvalue weighted by molar-refractivity contribution is 0.300. The summed E-state index contributed by atoms with van der Waals surface area (Å²) in [5.41, 5.74) is 2.88. The van der Waals surface area contributed by atoms with E-state index >= 15 is 0 Å². The second-order valence-electron chi connectivity index (χ2n) is 3.29. The van der Waals surface area contributed by atoms with E-state index in [1.165, 1.54) is 20.1 Å². The van der Waals surface area contributed by atoms with Crippen LogP contribution < -0.4 is 0 Å². The van der Waals surface area contributed by atoms with Crippen LogP contribution in [-0.2, 0) is 13.1 Å². The average molecular weight is 305 g/mol. The van der Waals surface area contributed by atoms with Gasteiger partial charge in [0.15, 0.2) is 0 Å². The Hall–Kier alpha value is 0.140. The topological polar surface area (TPSA) is 3.24 Å².